The van der Waals surface area contributed by atoms with Crippen LogP contribution in [-0.2, 0) is 4.74 Å². The van der Waals surface area contributed by atoms with Gasteiger partial charge in [0.1, 0.15) is 24.2 Å². The van der Waals surface area contributed by atoms with Crippen molar-refractivity contribution in [2.75, 3.05) is 57.3 Å². The molecule has 0 bridgehead atoms. The van der Waals surface area contributed by atoms with Gasteiger partial charge in [0.2, 0.25) is 0 Å². The summed E-state index contributed by atoms with van der Waals surface area (Å²) in [5.41, 5.74) is 4.36. The third kappa shape index (κ3) is 4.73. The standard InChI is InChI=1S/C29H39N7O/c1-3-12-34-14-16-35(17-15-34)18-22-9-10-25(29(2)11-5-4-8-24(22)29)37-19-23-7-6-13-36(23)28-26-27(31-20-30-26)32-21-33-28/h4-5,8-10,20-21,23H,3,6-7,11-19H2,1-2H3,(H,30,31,32,33)/t23-,29?/m1/s1. The first-order valence-electron chi connectivity index (χ1n) is 13.9. The van der Waals surface area contributed by atoms with E-state index in [2.05, 4.69) is 78.9 Å². The smallest absolute Gasteiger partial charge is 0.182 e. The molecule has 1 N–H and O–H groups in total. The predicted molar refractivity (Wildman–Crippen MR) is 147 cm³/mol. The Morgan fingerprint density at radius 2 is 1.92 bits per heavy atom. The van der Waals surface area contributed by atoms with E-state index < -0.39 is 0 Å². The fourth-order valence-electron chi connectivity index (χ4n) is 6.42. The molecule has 0 spiro atoms. The number of fused-ring (bicyclic) bond motifs is 2. The van der Waals surface area contributed by atoms with Crippen molar-refractivity contribution in [2.45, 2.75) is 45.6 Å². The molecular formula is C29H39N7O. The van der Waals surface area contributed by atoms with E-state index >= 15 is 0 Å². The van der Waals surface area contributed by atoms with Gasteiger partial charge < -0.3 is 19.5 Å². The van der Waals surface area contributed by atoms with Crippen LogP contribution < -0.4 is 4.90 Å². The molecule has 6 rings (SSSR count). The SMILES string of the molecule is CCCN1CCN(CC2=CC=C(OC[C@H]3CCCN3c3ncnc4nc[nH]c34)C3(C)CC=CC=C23)CC1. The van der Waals surface area contributed by atoms with Gasteiger partial charge in [-0.2, -0.15) is 0 Å². The second-order valence-corrected chi connectivity index (χ2v) is 11.0. The van der Waals surface area contributed by atoms with Gasteiger partial charge in [-0.25, -0.2) is 15.0 Å². The van der Waals surface area contributed by atoms with Crippen LogP contribution in [0.2, 0.25) is 0 Å². The minimum atomic E-state index is -0.113. The number of hydrogen-bond acceptors (Lipinski definition) is 7. The normalized spacial score (nSPS) is 26.7. The lowest BCUT2D eigenvalue weighted by atomic mass is 9.69. The van der Waals surface area contributed by atoms with E-state index in [-0.39, 0.29) is 11.5 Å². The molecule has 4 heterocycles. The van der Waals surface area contributed by atoms with E-state index in [1.807, 2.05) is 0 Å². The Bertz CT molecular complexity index is 1240. The summed E-state index contributed by atoms with van der Waals surface area (Å²) in [6.45, 7) is 13.1. The molecule has 2 fully saturated rings. The largest absolute Gasteiger partial charge is 0.495 e. The summed E-state index contributed by atoms with van der Waals surface area (Å²) in [5.74, 6) is 2.01. The Labute approximate surface area is 219 Å². The highest BCUT2D eigenvalue weighted by Gasteiger charge is 2.40. The number of rotatable bonds is 8. The van der Waals surface area contributed by atoms with Crippen LogP contribution in [-0.4, -0.2) is 88.2 Å². The topological polar surface area (TPSA) is 73.4 Å². The van der Waals surface area contributed by atoms with Crippen LogP contribution in [0.1, 0.15) is 39.5 Å². The van der Waals surface area contributed by atoms with Crippen LogP contribution in [0.25, 0.3) is 11.2 Å². The number of nitrogens with one attached hydrogen (secondary N) is 1. The number of nitrogens with zero attached hydrogens (tertiary/aromatic N) is 6. The lowest BCUT2D eigenvalue weighted by molar-refractivity contribution is 0.131. The molecule has 2 aliphatic heterocycles. The molecule has 0 aromatic carbocycles. The number of imidazole rings is 1. The molecular weight excluding hydrogens is 462 g/mol. The Morgan fingerprint density at radius 3 is 2.78 bits per heavy atom. The van der Waals surface area contributed by atoms with Crippen molar-refractivity contribution < 1.29 is 4.74 Å². The maximum Gasteiger partial charge on any atom is 0.182 e. The molecule has 8 nitrogen and oxygen atoms in total. The molecule has 0 amide bonds. The minimum absolute atomic E-state index is 0.113. The highest BCUT2D eigenvalue weighted by molar-refractivity contribution is 5.83. The van der Waals surface area contributed by atoms with Crippen molar-refractivity contribution >= 4 is 17.0 Å². The van der Waals surface area contributed by atoms with E-state index in [9.17, 15) is 0 Å². The van der Waals surface area contributed by atoms with Crippen molar-refractivity contribution in [3.8, 4) is 0 Å². The van der Waals surface area contributed by atoms with Gasteiger partial charge in [-0.05, 0) is 56.4 Å². The van der Waals surface area contributed by atoms with Gasteiger partial charge in [-0.1, -0.05) is 31.2 Å². The van der Waals surface area contributed by atoms with E-state index in [0.717, 1.165) is 62.5 Å². The number of aromatic amines is 1. The van der Waals surface area contributed by atoms with Crippen LogP contribution in [0.4, 0.5) is 5.82 Å². The quantitative estimate of drug-likeness (QED) is 0.584. The Morgan fingerprint density at radius 1 is 1.05 bits per heavy atom. The molecule has 196 valence electrons. The number of H-pyrrole nitrogens is 1. The number of piperazine rings is 1. The lowest BCUT2D eigenvalue weighted by Crippen LogP contribution is -2.47. The summed E-state index contributed by atoms with van der Waals surface area (Å²) in [5, 5.41) is 0. The van der Waals surface area contributed by atoms with Crippen LogP contribution in [0.5, 0.6) is 0 Å². The monoisotopic (exact) mass is 501 g/mol. The van der Waals surface area contributed by atoms with Gasteiger partial charge in [-0.3, -0.25) is 4.90 Å². The van der Waals surface area contributed by atoms with E-state index in [4.69, 9.17) is 4.74 Å². The average Bonchev–Trinajstić information content (AvgIpc) is 3.59. The molecule has 2 aliphatic carbocycles. The molecule has 2 aromatic heterocycles. The predicted octanol–water partition coefficient (Wildman–Crippen LogP) is 4.08. The number of ether oxygens (including phenoxy) is 1. The fourth-order valence-corrected chi connectivity index (χ4v) is 6.42. The van der Waals surface area contributed by atoms with Gasteiger partial charge in [0.25, 0.3) is 0 Å². The van der Waals surface area contributed by atoms with Crippen molar-refractivity contribution in [3.63, 3.8) is 0 Å². The summed E-state index contributed by atoms with van der Waals surface area (Å²) in [4.78, 5) is 24.0. The first-order valence-corrected chi connectivity index (χ1v) is 13.9. The van der Waals surface area contributed by atoms with E-state index in [1.165, 1.54) is 37.2 Å². The number of allylic oxidation sites excluding steroid dienone is 6. The maximum atomic E-state index is 6.67. The molecule has 4 aliphatic rings. The second-order valence-electron chi connectivity index (χ2n) is 11.0. The van der Waals surface area contributed by atoms with E-state index in [0.29, 0.717) is 12.3 Å². The van der Waals surface area contributed by atoms with Crippen molar-refractivity contribution in [1.29, 1.82) is 0 Å². The van der Waals surface area contributed by atoms with Crippen molar-refractivity contribution in [2.24, 2.45) is 5.41 Å². The maximum absolute atomic E-state index is 6.67. The zero-order valence-corrected chi connectivity index (χ0v) is 22.2. The van der Waals surface area contributed by atoms with Gasteiger partial charge in [0.15, 0.2) is 11.5 Å². The molecule has 0 saturated carbocycles. The van der Waals surface area contributed by atoms with Crippen LogP contribution in [0.15, 0.2) is 59.9 Å². The summed E-state index contributed by atoms with van der Waals surface area (Å²) < 4.78 is 6.67. The molecule has 1 unspecified atom stereocenters. The van der Waals surface area contributed by atoms with Crippen LogP contribution >= 0.6 is 0 Å². The Kier molecular flexibility index (Phi) is 6.86. The number of aromatic nitrogens is 4. The zero-order chi connectivity index (χ0) is 25.2. The average molecular weight is 502 g/mol. The zero-order valence-electron chi connectivity index (χ0n) is 22.2. The summed E-state index contributed by atoms with van der Waals surface area (Å²) in [7, 11) is 0. The lowest BCUT2D eigenvalue weighted by Gasteiger charge is -2.41. The minimum Gasteiger partial charge on any atom is -0.495 e. The Balaban J connectivity index is 1.16. The van der Waals surface area contributed by atoms with Crippen LogP contribution in [0.3, 0.4) is 0 Å². The Hall–Kier alpha value is -2.97. The molecule has 2 aromatic rings. The third-order valence-corrected chi connectivity index (χ3v) is 8.53. The van der Waals surface area contributed by atoms with Crippen molar-refractivity contribution in [3.05, 3.63) is 59.9 Å². The van der Waals surface area contributed by atoms with Gasteiger partial charge in [0, 0.05) is 39.3 Å². The number of hydrogen-bond donors (Lipinski definition) is 1. The van der Waals surface area contributed by atoms with Crippen molar-refractivity contribution in [1.82, 2.24) is 29.7 Å². The first kappa shape index (κ1) is 24.4. The van der Waals surface area contributed by atoms with Gasteiger partial charge >= 0.3 is 0 Å². The second kappa shape index (κ2) is 10.4. The highest BCUT2D eigenvalue weighted by atomic mass is 16.5. The fraction of sp³-hybridized carbons (Fsp3) is 0.552. The highest BCUT2D eigenvalue weighted by Crippen LogP contribution is 2.48. The van der Waals surface area contributed by atoms with Gasteiger partial charge in [0.05, 0.1) is 17.8 Å². The van der Waals surface area contributed by atoms with Gasteiger partial charge in [-0.15, -0.1) is 0 Å². The molecule has 8 heteroatoms. The van der Waals surface area contributed by atoms with Crippen LogP contribution in [0, 0.1) is 5.41 Å². The summed E-state index contributed by atoms with van der Waals surface area (Å²) in [6, 6.07) is 0.280. The number of anilines is 1. The molecule has 2 atom stereocenters. The molecule has 37 heavy (non-hydrogen) atoms. The molecule has 0 radical (unpaired) electrons. The molecule has 2 saturated heterocycles. The third-order valence-electron chi connectivity index (χ3n) is 8.53. The first-order chi connectivity index (χ1) is 18.2. The van der Waals surface area contributed by atoms with E-state index in [1.54, 1.807) is 12.7 Å². The summed E-state index contributed by atoms with van der Waals surface area (Å²) in [6.07, 6.45) is 19.1. The summed E-state index contributed by atoms with van der Waals surface area (Å²) >= 11 is 0.